The molecule has 43 heavy (non-hydrogen) atoms. The Bertz CT molecular complexity index is 1770. The second kappa shape index (κ2) is 11.0. The van der Waals surface area contributed by atoms with Crippen molar-refractivity contribution >= 4 is 10.9 Å². The zero-order valence-corrected chi connectivity index (χ0v) is 24.0. The number of aliphatic hydroxyl groups is 2. The fourth-order valence-electron chi connectivity index (χ4n) is 7.22. The molecule has 0 saturated carbocycles. The minimum absolute atomic E-state index is 0.0244. The highest BCUT2D eigenvalue weighted by Gasteiger charge is 2.45. The van der Waals surface area contributed by atoms with Crippen molar-refractivity contribution in [1.82, 2.24) is 34.4 Å². The number of aryl methyl sites for hydroxylation is 1. The first-order chi connectivity index (χ1) is 20.8. The summed E-state index contributed by atoms with van der Waals surface area (Å²) in [6, 6.07) is 7.27. The minimum atomic E-state index is -0.671. The fraction of sp³-hybridized carbons (Fsp3) is 0.500. The molecular formula is C30H35N7O6. The molecule has 13 nitrogen and oxygen atoms in total. The van der Waals surface area contributed by atoms with Gasteiger partial charge in [-0.1, -0.05) is 5.21 Å². The molecule has 0 amide bonds. The molecule has 2 bridgehead atoms. The standard InChI is InChI=1S/C30H35N7O6/c1-16-12-36(30(41)32-29(16)40)27-11-24(26(15-38)43-27)37-14-23(33-34-37)21-13-35-8-6-17(21)9-25(35)28(39)19-5-7-31-22-4-3-18(42-2)10-20(19)22/h3-5,7,10,12,14,17,21,24-28,38-39H,6,8-9,11,13,15H2,1-2H3,(H,32,40,41)/t17?,21?,24-,25+,26+,27+,28-/m0/s1. The third-order valence-electron chi connectivity index (χ3n) is 9.55. The van der Waals surface area contributed by atoms with Gasteiger partial charge >= 0.3 is 5.69 Å². The van der Waals surface area contributed by atoms with Crippen LogP contribution in [-0.2, 0) is 4.74 Å². The lowest BCUT2D eigenvalue weighted by Crippen LogP contribution is -2.54. The average Bonchev–Trinajstić information content (AvgIpc) is 3.70. The number of ether oxygens (including phenoxy) is 2. The Morgan fingerprint density at radius 3 is 2.84 bits per heavy atom. The van der Waals surface area contributed by atoms with Gasteiger partial charge in [-0.25, -0.2) is 9.48 Å². The van der Waals surface area contributed by atoms with Crippen LogP contribution in [0.25, 0.3) is 10.9 Å². The van der Waals surface area contributed by atoms with Crippen molar-refractivity contribution in [1.29, 1.82) is 0 Å². The second-order valence-corrected chi connectivity index (χ2v) is 11.9. The van der Waals surface area contributed by atoms with Gasteiger partial charge in [-0.05, 0) is 62.1 Å². The quantitative estimate of drug-likeness (QED) is 0.288. The van der Waals surface area contributed by atoms with E-state index < -0.39 is 29.7 Å². The number of aromatic amines is 1. The molecule has 3 unspecified atom stereocenters. The molecule has 0 radical (unpaired) electrons. The van der Waals surface area contributed by atoms with Crippen molar-refractivity contribution in [3.05, 3.63) is 80.5 Å². The summed E-state index contributed by atoms with van der Waals surface area (Å²) in [5.41, 5.74) is 1.96. The molecule has 0 aliphatic carbocycles. The lowest BCUT2D eigenvalue weighted by molar-refractivity contribution is -0.0382. The summed E-state index contributed by atoms with van der Waals surface area (Å²) in [6.45, 7) is 3.04. The van der Waals surface area contributed by atoms with Crippen LogP contribution in [0.2, 0.25) is 0 Å². The van der Waals surface area contributed by atoms with Crippen LogP contribution in [0.4, 0.5) is 0 Å². The highest BCUT2D eigenvalue weighted by molar-refractivity contribution is 5.84. The number of benzene rings is 1. The molecule has 8 atom stereocenters. The number of rotatable bonds is 7. The van der Waals surface area contributed by atoms with Crippen molar-refractivity contribution < 1.29 is 19.7 Å². The van der Waals surface area contributed by atoms with Gasteiger partial charge in [0.15, 0.2) is 0 Å². The third kappa shape index (κ3) is 4.85. The number of aliphatic hydroxyl groups excluding tert-OH is 2. The Balaban J connectivity index is 1.09. The van der Waals surface area contributed by atoms with Gasteiger partial charge in [-0.3, -0.25) is 24.2 Å². The fourth-order valence-corrected chi connectivity index (χ4v) is 7.22. The first kappa shape index (κ1) is 27.9. The van der Waals surface area contributed by atoms with Crippen LogP contribution in [0, 0.1) is 12.8 Å². The summed E-state index contributed by atoms with van der Waals surface area (Å²) in [5.74, 6) is 1.22. The van der Waals surface area contributed by atoms with Gasteiger partial charge in [-0.15, -0.1) is 5.10 Å². The lowest BCUT2D eigenvalue weighted by Gasteiger charge is -2.50. The smallest absolute Gasteiger partial charge is 0.330 e. The van der Waals surface area contributed by atoms with E-state index >= 15 is 0 Å². The van der Waals surface area contributed by atoms with Crippen molar-refractivity contribution in [2.45, 2.75) is 62.6 Å². The lowest BCUT2D eigenvalue weighted by atomic mass is 9.72. The summed E-state index contributed by atoms with van der Waals surface area (Å²) in [4.78, 5) is 33.4. The van der Waals surface area contributed by atoms with E-state index in [-0.39, 0.29) is 24.6 Å². The Hall–Kier alpha value is -3.91. The molecule has 1 aromatic carbocycles. The van der Waals surface area contributed by atoms with Crippen LogP contribution in [0.5, 0.6) is 5.75 Å². The molecular weight excluding hydrogens is 554 g/mol. The normalized spacial score (nSPS) is 29.3. The van der Waals surface area contributed by atoms with E-state index in [1.165, 1.54) is 10.8 Å². The molecule has 0 spiro atoms. The Kier molecular flexibility index (Phi) is 7.12. The molecule has 4 fully saturated rings. The van der Waals surface area contributed by atoms with Gasteiger partial charge in [0.05, 0.1) is 37.1 Å². The van der Waals surface area contributed by atoms with Gasteiger partial charge in [0.2, 0.25) is 0 Å². The van der Waals surface area contributed by atoms with Gasteiger partial charge < -0.3 is 19.7 Å². The van der Waals surface area contributed by atoms with Crippen molar-refractivity contribution in [3.63, 3.8) is 0 Å². The number of hydrogen-bond acceptors (Lipinski definition) is 10. The maximum absolute atomic E-state index is 12.5. The highest BCUT2D eigenvalue weighted by Crippen LogP contribution is 2.45. The molecule has 3 aromatic heterocycles. The molecule has 226 valence electrons. The van der Waals surface area contributed by atoms with E-state index in [0.717, 1.165) is 53.8 Å². The summed E-state index contributed by atoms with van der Waals surface area (Å²) in [6.07, 6.45) is 5.48. The molecule has 13 heteroatoms. The number of aromatic nitrogens is 6. The first-order valence-electron chi connectivity index (χ1n) is 14.7. The summed E-state index contributed by atoms with van der Waals surface area (Å²) < 4.78 is 14.5. The minimum Gasteiger partial charge on any atom is -0.497 e. The molecule has 4 aromatic rings. The number of methoxy groups -OCH3 is 1. The van der Waals surface area contributed by atoms with Crippen LogP contribution in [0.1, 0.15) is 60.4 Å². The Morgan fingerprint density at radius 1 is 1.21 bits per heavy atom. The average molecular weight is 590 g/mol. The maximum Gasteiger partial charge on any atom is 0.330 e. The highest BCUT2D eigenvalue weighted by atomic mass is 16.5. The SMILES string of the molecule is COc1ccc2nccc([C@H](O)[C@H]3CC4CCN3CC4c3cn([C@H]4C[C@H](n5cc(C)c(=O)[nH]c5=O)O[C@@H]4CO)nn3)c2c1. The Labute approximate surface area is 246 Å². The van der Waals surface area contributed by atoms with Gasteiger partial charge in [0.1, 0.15) is 18.1 Å². The van der Waals surface area contributed by atoms with Crippen LogP contribution in [0.15, 0.2) is 52.4 Å². The van der Waals surface area contributed by atoms with E-state index in [0.29, 0.717) is 17.9 Å². The summed E-state index contributed by atoms with van der Waals surface area (Å²) in [5, 5.41) is 31.6. The predicted octanol–water partition coefficient (Wildman–Crippen LogP) is 1.43. The zero-order valence-electron chi connectivity index (χ0n) is 24.0. The zero-order chi connectivity index (χ0) is 29.8. The van der Waals surface area contributed by atoms with Crippen LogP contribution in [-0.4, -0.2) is 83.6 Å². The number of pyridine rings is 1. The van der Waals surface area contributed by atoms with Crippen LogP contribution >= 0.6 is 0 Å². The Morgan fingerprint density at radius 2 is 2.07 bits per heavy atom. The number of hydrogen-bond donors (Lipinski definition) is 3. The van der Waals surface area contributed by atoms with Crippen molar-refractivity contribution in [3.8, 4) is 5.75 Å². The molecule has 4 aliphatic heterocycles. The second-order valence-electron chi connectivity index (χ2n) is 11.9. The molecule has 7 heterocycles. The largest absolute Gasteiger partial charge is 0.497 e. The number of piperidine rings is 3. The van der Waals surface area contributed by atoms with Gasteiger partial charge in [-0.2, -0.15) is 0 Å². The van der Waals surface area contributed by atoms with Crippen molar-refractivity contribution in [2.75, 3.05) is 26.8 Å². The maximum atomic E-state index is 12.5. The topological polar surface area (TPSA) is 161 Å². The van der Waals surface area contributed by atoms with E-state index in [1.54, 1.807) is 24.9 Å². The summed E-state index contributed by atoms with van der Waals surface area (Å²) in [7, 11) is 1.63. The van der Waals surface area contributed by atoms with E-state index in [9.17, 15) is 19.8 Å². The monoisotopic (exact) mass is 589 g/mol. The number of fused-ring (bicyclic) bond motifs is 4. The predicted molar refractivity (Wildman–Crippen MR) is 155 cm³/mol. The summed E-state index contributed by atoms with van der Waals surface area (Å²) >= 11 is 0. The van der Waals surface area contributed by atoms with E-state index in [2.05, 4.69) is 25.2 Å². The van der Waals surface area contributed by atoms with E-state index in [4.69, 9.17) is 9.47 Å². The van der Waals surface area contributed by atoms with Crippen LogP contribution in [0.3, 0.4) is 0 Å². The molecule has 3 N–H and O–H groups in total. The molecule has 8 rings (SSSR count). The van der Waals surface area contributed by atoms with E-state index in [1.807, 2.05) is 30.5 Å². The molecule has 4 aliphatic rings. The van der Waals surface area contributed by atoms with Gasteiger partial charge in [0.25, 0.3) is 5.56 Å². The molecule has 4 saturated heterocycles. The number of nitrogens with zero attached hydrogens (tertiary/aromatic N) is 6. The van der Waals surface area contributed by atoms with Crippen molar-refractivity contribution in [2.24, 2.45) is 5.92 Å². The number of nitrogens with one attached hydrogen (secondary N) is 1. The third-order valence-corrected chi connectivity index (χ3v) is 9.55. The first-order valence-corrected chi connectivity index (χ1v) is 14.7. The number of H-pyrrole nitrogens is 1. The van der Waals surface area contributed by atoms with Gasteiger partial charge in [0, 0.05) is 54.5 Å². The van der Waals surface area contributed by atoms with Crippen LogP contribution < -0.4 is 16.0 Å².